The van der Waals surface area contributed by atoms with E-state index in [2.05, 4.69) is 10.3 Å². The highest BCUT2D eigenvalue weighted by Gasteiger charge is 2.29. The Morgan fingerprint density at radius 3 is 3.06 bits per heavy atom. The summed E-state index contributed by atoms with van der Waals surface area (Å²) in [5.41, 5.74) is 0.849. The van der Waals surface area contributed by atoms with Crippen molar-refractivity contribution in [3.8, 4) is 0 Å². The van der Waals surface area contributed by atoms with Crippen LogP contribution in [0.2, 0.25) is 0 Å². The fraction of sp³-hybridized carbons (Fsp3) is 0.417. The molecule has 1 aromatic heterocycles. The molecule has 3 nitrogen and oxygen atoms in total. The maximum Gasteiger partial charge on any atom is 0.184 e. The van der Waals surface area contributed by atoms with Gasteiger partial charge in [-0.05, 0) is 31.0 Å². The average molecular weight is 252 g/mol. The summed E-state index contributed by atoms with van der Waals surface area (Å²) in [7, 11) is 1.74. The molecular weight excluding hydrogens is 239 g/mol. The lowest BCUT2D eigenvalue weighted by Crippen LogP contribution is -2.40. The highest BCUT2D eigenvalue weighted by Crippen LogP contribution is 2.31. The second-order valence-electron chi connectivity index (χ2n) is 4.30. The molecule has 17 heavy (non-hydrogen) atoms. The SMILES string of the molecule is COC1CC(Nc2nc3ccc(F)cc3s2)C1. The molecule has 1 saturated carbocycles. The third-order valence-corrected chi connectivity index (χ3v) is 4.06. The molecule has 5 heteroatoms. The zero-order valence-electron chi connectivity index (χ0n) is 9.44. The Bertz CT molecular complexity index is 536. The molecular formula is C12H13FN2OS. The average Bonchev–Trinajstić information content (AvgIpc) is 2.64. The molecule has 0 spiro atoms. The Balaban J connectivity index is 1.73. The van der Waals surface area contributed by atoms with E-state index in [0.717, 1.165) is 28.2 Å². The zero-order chi connectivity index (χ0) is 11.8. The number of fused-ring (bicyclic) bond motifs is 1. The van der Waals surface area contributed by atoms with Gasteiger partial charge in [0, 0.05) is 13.2 Å². The van der Waals surface area contributed by atoms with Crippen molar-refractivity contribution in [2.75, 3.05) is 12.4 Å². The standard InChI is InChI=1S/C12H13FN2OS/c1-16-9-5-8(6-9)14-12-15-10-3-2-7(13)4-11(10)17-12/h2-4,8-9H,5-6H2,1H3,(H,14,15). The Morgan fingerprint density at radius 1 is 1.47 bits per heavy atom. The Labute approximate surface area is 103 Å². The molecule has 1 N–H and O–H groups in total. The van der Waals surface area contributed by atoms with Crippen LogP contribution in [0.15, 0.2) is 18.2 Å². The van der Waals surface area contributed by atoms with E-state index >= 15 is 0 Å². The first-order valence-electron chi connectivity index (χ1n) is 5.60. The fourth-order valence-corrected chi connectivity index (χ4v) is 2.98. The molecule has 90 valence electrons. The van der Waals surface area contributed by atoms with Crippen molar-refractivity contribution in [1.82, 2.24) is 4.98 Å². The first-order valence-corrected chi connectivity index (χ1v) is 6.41. The predicted molar refractivity (Wildman–Crippen MR) is 67.0 cm³/mol. The number of nitrogens with zero attached hydrogens (tertiary/aromatic N) is 1. The van der Waals surface area contributed by atoms with Gasteiger partial charge in [-0.1, -0.05) is 11.3 Å². The number of methoxy groups -OCH3 is 1. The minimum Gasteiger partial charge on any atom is -0.381 e. The first kappa shape index (κ1) is 10.9. The number of thiazole rings is 1. The van der Waals surface area contributed by atoms with E-state index in [9.17, 15) is 4.39 Å². The molecule has 2 aromatic rings. The van der Waals surface area contributed by atoms with Crippen LogP contribution in [-0.4, -0.2) is 24.2 Å². The predicted octanol–water partition coefficient (Wildman–Crippen LogP) is 3.02. The van der Waals surface area contributed by atoms with E-state index < -0.39 is 0 Å². The summed E-state index contributed by atoms with van der Waals surface area (Å²) in [5.74, 6) is -0.212. The largest absolute Gasteiger partial charge is 0.381 e. The van der Waals surface area contributed by atoms with Crippen LogP contribution in [-0.2, 0) is 4.74 Å². The number of rotatable bonds is 3. The van der Waals surface area contributed by atoms with E-state index in [0.29, 0.717) is 12.1 Å². The molecule has 1 fully saturated rings. The molecule has 0 atom stereocenters. The monoisotopic (exact) mass is 252 g/mol. The maximum absolute atomic E-state index is 13.0. The number of hydrogen-bond acceptors (Lipinski definition) is 4. The van der Waals surface area contributed by atoms with Gasteiger partial charge in [-0.25, -0.2) is 9.37 Å². The number of hydrogen-bond donors (Lipinski definition) is 1. The molecule has 0 bridgehead atoms. The molecule has 0 saturated heterocycles. The molecule has 3 rings (SSSR count). The van der Waals surface area contributed by atoms with Gasteiger partial charge in [-0.3, -0.25) is 0 Å². The van der Waals surface area contributed by atoms with Gasteiger partial charge >= 0.3 is 0 Å². The third-order valence-electron chi connectivity index (χ3n) is 3.11. The summed E-state index contributed by atoms with van der Waals surface area (Å²) in [6.07, 6.45) is 2.40. The Kier molecular flexibility index (Phi) is 2.72. The lowest BCUT2D eigenvalue weighted by atomic mass is 9.89. The van der Waals surface area contributed by atoms with E-state index in [1.54, 1.807) is 13.2 Å². The van der Waals surface area contributed by atoms with Gasteiger partial charge in [0.1, 0.15) is 5.82 Å². The van der Waals surface area contributed by atoms with Gasteiger partial charge < -0.3 is 10.1 Å². The molecule has 0 unspecified atom stereocenters. The molecule has 1 aliphatic carbocycles. The number of ether oxygens (including phenoxy) is 1. The fourth-order valence-electron chi connectivity index (χ4n) is 2.01. The second-order valence-corrected chi connectivity index (χ2v) is 5.33. The number of benzene rings is 1. The normalized spacial score (nSPS) is 23.6. The van der Waals surface area contributed by atoms with Gasteiger partial charge in [0.25, 0.3) is 0 Å². The van der Waals surface area contributed by atoms with Crippen LogP contribution >= 0.6 is 11.3 Å². The van der Waals surface area contributed by atoms with Crippen molar-refractivity contribution >= 4 is 26.7 Å². The van der Waals surface area contributed by atoms with Gasteiger partial charge in [0.2, 0.25) is 0 Å². The Hall–Kier alpha value is -1.20. The van der Waals surface area contributed by atoms with E-state index in [4.69, 9.17) is 4.74 Å². The number of nitrogens with one attached hydrogen (secondary N) is 1. The Morgan fingerprint density at radius 2 is 2.29 bits per heavy atom. The summed E-state index contributed by atoms with van der Waals surface area (Å²) in [5, 5.41) is 4.22. The summed E-state index contributed by atoms with van der Waals surface area (Å²) in [6, 6.07) is 5.11. The van der Waals surface area contributed by atoms with Crippen LogP contribution in [0.25, 0.3) is 10.2 Å². The minimum atomic E-state index is -0.212. The molecule has 0 amide bonds. The molecule has 1 aliphatic rings. The van der Waals surface area contributed by atoms with Crippen molar-refractivity contribution in [1.29, 1.82) is 0 Å². The van der Waals surface area contributed by atoms with Crippen molar-refractivity contribution in [3.63, 3.8) is 0 Å². The lowest BCUT2D eigenvalue weighted by molar-refractivity contribution is 0.0329. The van der Waals surface area contributed by atoms with Crippen molar-refractivity contribution in [2.45, 2.75) is 25.0 Å². The van der Waals surface area contributed by atoms with Crippen LogP contribution in [0, 0.1) is 5.82 Å². The number of aromatic nitrogens is 1. The van der Waals surface area contributed by atoms with Crippen LogP contribution in [0.1, 0.15) is 12.8 Å². The number of halogens is 1. The summed E-state index contributed by atoms with van der Waals surface area (Å²) in [6.45, 7) is 0. The second kappa shape index (κ2) is 4.23. The zero-order valence-corrected chi connectivity index (χ0v) is 10.3. The van der Waals surface area contributed by atoms with Crippen molar-refractivity contribution in [3.05, 3.63) is 24.0 Å². The van der Waals surface area contributed by atoms with Crippen LogP contribution in [0.3, 0.4) is 0 Å². The van der Waals surface area contributed by atoms with E-state index in [1.165, 1.54) is 23.5 Å². The van der Waals surface area contributed by atoms with Crippen molar-refractivity contribution < 1.29 is 9.13 Å². The highest BCUT2D eigenvalue weighted by molar-refractivity contribution is 7.22. The molecule has 0 radical (unpaired) electrons. The lowest BCUT2D eigenvalue weighted by Gasteiger charge is -2.34. The quantitative estimate of drug-likeness (QED) is 0.911. The molecule has 0 aliphatic heterocycles. The van der Waals surface area contributed by atoms with Crippen LogP contribution in [0.4, 0.5) is 9.52 Å². The molecule has 1 heterocycles. The highest BCUT2D eigenvalue weighted by atomic mass is 32.1. The smallest absolute Gasteiger partial charge is 0.184 e. The summed E-state index contributed by atoms with van der Waals surface area (Å²) in [4.78, 5) is 4.43. The van der Waals surface area contributed by atoms with Gasteiger partial charge in [0.15, 0.2) is 5.13 Å². The van der Waals surface area contributed by atoms with Crippen LogP contribution < -0.4 is 5.32 Å². The van der Waals surface area contributed by atoms with Crippen LogP contribution in [0.5, 0.6) is 0 Å². The van der Waals surface area contributed by atoms with Gasteiger partial charge in [0.05, 0.1) is 16.3 Å². The number of anilines is 1. The topological polar surface area (TPSA) is 34.1 Å². The van der Waals surface area contributed by atoms with Crippen molar-refractivity contribution in [2.24, 2.45) is 0 Å². The first-order chi connectivity index (χ1) is 8.24. The summed E-state index contributed by atoms with van der Waals surface area (Å²) >= 11 is 1.49. The summed E-state index contributed by atoms with van der Waals surface area (Å²) < 4.78 is 19.1. The van der Waals surface area contributed by atoms with Gasteiger partial charge in [-0.15, -0.1) is 0 Å². The van der Waals surface area contributed by atoms with Gasteiger partial charge in [-0.2, -0.15) is 0 Å². The maximum atomic E-state index is 13.0. The third kappa shape index (κ3) is 2.12. The van der Waals surface area contributed by atoms with E-state index in [-0.39, 0.29) is 5.82 Å². The minimum absolute atomic E-state index is 0.212. The molecule has 1 aromatic carbocycles. The van der Waals surface area contributed by atoms with E-state index in [1.807, 2.05) is 0 Å².